The van der Waals surface area contributed by atoms with Crippen molar-refractivity contribution in [3.05, 3.63) is 45.6 Å². The Morgan fingerprint density at radius 1 is 0.710 bits per heavy atom. The normalized spacial score (nSPS) is 16.9. The van der Waals surface area contributed by atoms with Gasteiger partial charge in [-0.2, -0.15) is 22.3 Å². The van der Waals surface area contributed by atoms with Crippen molar-refractivity contribution < 1.29 is 41.5 Å². The van der Waals surface area contributed by atoms with Crippen LogP contribution >= 0.6 is 0 Å². The SMILES string of the molecule is C#CC(=O)O.C#CC(=O)O.CC1=[C-]C(C)(C)C(C)=C1C.CC1=[C-]C(C)(C)C(C)=C1C.[Ti+2]. The monoisotopic (exact) mass is 458 g/mol. The fourth-order valence-electron chi connectivity index (χ4n) is 2.81. The minimum Gasteiger partial charge on any atom is -0.472 e. The Labute approximate surface area is 203 Å². The maximum atomic E-state index is 9.13. The molecule has 0 aromatic heterocycles. The van der Waals surface area contributed by atoms with Gasteiger partial charge in [-0.1, -0.05) is 66.2 Å². The number of carbonyl (C=O) groups is 2. The van der Waals surface area contributed by atoms with Crippen LogP contribution in [0.25, 0.3) is 0 Å². The van der Waals surface area contributed by atoms with Crippen LogP contribution in [0.4, 0.5) is 0 Å². The third-order valence-corrected chi connectivity index (χ3v) is 5.37. The molecular formula is C26H34O4Ti. The minimum absolute atomic E-state index is 0. The summed E-state index contributed by atoms with van der Waals surface area (Å²) in [6.45, 7) is 21.8. The summed E-state index contributed by atoms with van der Waals surface area (Å²) in [7, 11) is 0. The van der Waals surface area contributed by atoms with Crippen LogP contribution in [0.2, 0.25) is 0 Å². The Morgan fingerprint density at radius 3 is 0.935 bits per heavy atom. The van der Waals surface area contributed by atoms with Gasteiger partial charge in [0.1, 0.15) is 0 Å². The summed E-state index contributed by atoms with van der Waals surface area (Å²) in [5.41, 5.74) is 8.79. The molecule has 2 rings (SSSR count). The molecule has 2 aliphatic rings. The van der Waals surface area contributed by atoms with Gasteiger partial charge in [0.25, 0.3) is 0 Å². The Hall–Kier alpha value is -2.27. The van der Waals surface area contributed by atoms with Crippen molar-refractivity contribution in [2.24, 2.45) is 10.8 Å². The number of aliphatic carboxylic acids is 2. The summed E-state index contributed by atoms with van der Waals surface area (Å²) in [5.74, 6) is 0.454. The second-order valence-electron chi connectivity index (χ2n) is 8.15. The fourth-order valence-corrected chi connectivity index (χ4v) is 2.81. The number of carboxylic acids is 2. The fraction of sp³-hybridized carbons (Fsp3) is 0.462. The first-order valence-electron chi connectivity index (χ1n) is 9.43. The van der Waals surface area contributed by atoms with Gasteiger partial charge in [-0.3, -0.25) is 12.2 Å². The molecule has 0 saturated carbocycles. The second kappa shape index (κ2) is 13.9. The summed E-state index contributed by atoms with van der Waals surface area (Å²) in [6.07, 6.45) is 15.5. The summed E-state index contributed by atoms with van der Waals surface area (Å²) in [4.78, 5) is 18.3. The van der Waals surface area contributed by atoms with Gasteiger partial charge in [0.05, 0.1) is 0 Å². The van der Waals surface area contributed by atoms with Crippen molar-refractivity contribution in [2.45, 2.75) is 69.2 Å². The molecule has 0 unspecified atom stereocenters. The summed E-state index contributed by atoms with van der Waals surface area (Å²) >= 11 is 0. The molecule has 0 radical (unpaired) electrons. The third kappa shape index (κ3) is 11.6. The molecule has 0 amide bonds. The van der Waals surface area contributed by atoms with E-state index >= 15 is 0 Å². The average molecular weight is 458 g/mol. The van der Waals surface area contributed by atoms with Gasteiger partial charge in [-0.15, -0.1) is 26.7 Å². The number of allylic oxidation sites excluding steroid dienone is 8. The third-order valence-electron chi connectivity index (χ3n) is 5.37. The largest absolute Gasteiger partial charge is 2.00 e. The Kier molecular flexibility index (Phi) is 15.0. The van der Waals surface area contributed by atoms with Gasteiger partial charge in [-0.05, 0) is 0 Å². The van der Waals surface area contributed by atoms with Crippen LogP contribution in [0.15, 0.2) is 33.4 Å². The minimum atomic E-state index is -1.22. The summed E-state index contributed by atoms with van der Waals surface area (Å²) in [5, 5.41) is 15.0. The molecule has 31 heavy (non-hydrogen) atoms. The van der Waals surface area contributed by atoms with E-state index < -0.39 is 11.9 Å². The van der Waals surface area contributed by atoms with Crippen molar-refractivity contribution in [3.63, 3.8) is 0 Å². The maximum absolute atomic E-state index is 9.13. The smallest absolute Gasteiger partial charge is 0.472 e. The first-order chi connectivity index (χ1) is 13.4. The Morgan fingerprint density at radius 2 is 0.903 bits per heavy atom. The van der Waals surface area contributed by atoms with E-state index in [4.69, 9.17) is 19.8 Å². The molecule has 0 bridgehead atoms. The number of hydrogen-bond donors (Lipinski definition) is 2. The molecule has 5 heteroatoms. The Balaban J connectivity index is -0.000000353. The number of terminal acetylenes is 2. The average Bonchev–Trinajstić information content (AvgIpc) is 2.93. The van der Waals surface area contributed by atoms with Crippen LogP contribution in [0, 0.1) is 47.7 Å². The predicted molar refractivity (Wildman–Crippen MR) is 122 cm³/mol. The first-order valence-corrected chi connectivity index (χ1v) is 9.43. The molecule has 0 spiro atoms. The van der Waals surface area contributed by atoms with Crippen LogP contribution in [0.1, 0.15) is 69.2 Å². The van der Waals surface area contributed by atoms with E-state index in [1.54, 1.807) is 0 Å². The molecular weight excluding hydrogens is 424 g/mol. The second-order valence-corrected chi connectivity index (χ2v) is 8.15. The van der Waals surface area contributed by atoms with E-state index in [9.17, 15) is 0 Å². The van der Waals surface area contributed by atoms with E-state index in [0.717, 1.165) is 0 Å². The van der Waals surface area contributed by atoms with E-state index in [1.165, 1.54) is 45.3 Å². The molecule has 0 atom stereocenters. The molecule has 166 valence electrons. The van der Waals surface area contributed by atoms with Crippen molar-refractivity contribution in [1.82, 2.24) is 0 Å². The summed E-state index contributed by atoms with van der Waals surface area (Å²) < 4.78 is 0. The zero-order valence-corrected chi connectivity index (χ0v) is 21.9. The van der Waals surface area contributed by atoms with Gasteiger partial charge in [0, 0.05) is 11.8 Å². The van der Waals surface area contributed by atoms with E-state index in [-0.39, 0.29) is 32.5 Å². The molecule has 0 aromatic carbocycles. The molecule has 2 aliphatic carbocycles. The van der Waals surface area contributed by atoms with Crippen molar-refractivity contribution in [1.29, 1.82) is 0 Å². The van der Waals surface area contributed by atoms with Crippen molar-refractivity contribution in [2.75, 3.05) is 0 Å². The van der Waals surface area contributed by atoms with Crippen LogP contribution in [-0.4, -0.2) is 22.2 Å². The standard InChI is InChI=1S/2C10H15.2C3H2O2.Ti/c2*1-7-6-10(4,5)9(3)8(7)2;2*1-2-3(4)5;/h2*1-5H3;2*1H,(H,4,5);/q2*-1;;;+2. The molecule has 0 aliphatic heterocycles. The van der Waals surface area contributed by atoms with E-state index in [2.05, 4.69) is 94.2 Å². The van der Waals surface area contributed by atoms with Gasteiger partial charge in [0.15, 0.2) is 0 Å². The van der Waals surface area contributed by atoms with Crippen molar-refractivity contribution in [3.8, 4) is 24.7 Å². The molecule has 0 saturated heterocycles. The van der Waals surface area contributed by atoms with Crippen molar-refractivity contribution >= 4 is 11.9 Å². The predicted octanol–water partition coefficient (Wildman–Crippen LogP) is 5.63. The first kappa shape index (κ1) is 33.4. The van der Waals surface area contributed by atoms with Gasteiger partial charge in [-0.25, -0.2) is 20.7 Å². The maximum Gasteiger partial charge on any atom is 2.00 e. The zero-order valence-electron chi connectivity index (χ0n) is 20.4. The van der Waals surface area contributed by atoms with Crippen LogP contribution in [-0.2, 0) is 31.3 Å². The summed E-state index contributed by atoms with van der Waals surface area (Å²) in [6, 6.07) is 0. The van der Waals surface area contributed by atoms with Crippen LogP contribution in [0.3, 0.4) is 0 Å². The number of carboxylic acid groups (broad SMARTS) is 2. The van der Waals surface area contributed by atoms with Crippen LogP contribution in [0.5, 0.6) is 0 Å². The topological polar surface area (TPSA) is 74.6 Å². The molecule has 0 heterocycles. The van der Waals surface area contributed by atoms with Gasteiger partial charge >= 0.3 is 33.7 Å². The van der Waals surface area contributed by atoms with E-state index in [0.29, 0.717) is 0 Å². The van der Waals surface area contributed by atoms with Gasteiger partial charge in [0.2, 0.25) is 0 Å². The zero-order chi connectivity index (χ0) is 24.4. The number of hydrogen-bond acceptors (Lipinski definition) is 2. The van der Waals surface area contributed by atoms with E-state index in [1.807, 2.05) is 0 Å². The molecule has 2 N–H and O–H groups in total. The molecule has 0 aromatic rings. The quantitative estimate of drug-likeness (QED) is 0.280. The van der Waals surface area contributed by atoms with Gasteiger partial charge < -0.3 is 10.2 Å². The number of rotatable bonds is 0. The molecule has 0 fully saturated rings. The molecule has 4 nitrogen and oxygen atoms in total. The van der Waals surface area contributed by atoms with Crippen LogP contribution < -0.4 is 0 Å². The Bertz CT molecular complexity index is 805.